The van der Waals surface area contributed by atoms with Crippen LogP contribution in [0.3, 0.4) is 0 Å². The fourth-order valence-electron chi connectivity index (χ4n) is 2.90. The zero-order valence-electron chi connectivity index (χ0n) is 15.1. The number of carbonyl (C=O) groups is 2. The molecule has 1 aliphatic rings. The van der Waals surface area contributed by atoms with E-state index in [4.69, 9.17) is 0 Å². The van der Waals surface area contributed by atoms with Crippen molar-refractivity contribution in [1.29, 1.82) is 0 Å². The quantitative estimate of drug-likeness (QED) is 0.634. The normalized spacial score (nSPS) is 13.2. The summed E-state index contributed by atoms with van der Waals surface area (Å²) in [6.45, 7) is 0.405. The highest BCUT2D eigenvalue weighted by Gasteiger charge is 2.29. The average Bonchev–Trinajstić information content (AvgIpc) is 3.44. The van der Waals surface area contributed by atoms with E-state index in [0.29, 0.717) is 23.5 Å². The van der Waals surface area contributed by atoms with Crippen LogP contribution in [-0.2, 0) is 11.3 Å². The second-order valence-electron chi connectivity index (χ2n) is 6.79. The summed E-state index contributed by atoms with van der Waals surface area (Å²) < 4.78 is 13.3. The number of carbonyl (C=O) groups excluding carboxylic acids is 2. The van der Waals surface area contributed by atoms with Crippen LogP contribution in [0.15, 0.2) is 66.0 Å². The molecule has 1 N–H and O–H groups in total. The first-order chi connectivity index (χ1) is 13.6. The minimum Gasteiger partial charge on any atom is -0.326 e. The minimum atomic E-state index is -0.344. The molecule has 1 aromatic heterocycles. The van der Waals surface area contributed by atoms with Gasteiger partial charge in [0, 0.05) is 27.7 Å². The molecule has 0 radical (unpaired) electrons. The molecule has 0 saturated heterocycles. The molecule has 4 rings (SSSR count). The number of nitrogens with zero attached hydrogens (tertiary/aromatic N) is 1. The Hall–Kier alpha value is -2.99. The molecule has 6 heteroatoms. The second kappa shape index (κ2) is 7.94. The lowest BCUT2D eigenvalue weighted by atomic mass is 10.1. The van der Waals surface area contributed by atoms with E-state index in [0.717, 1.165) is 17.7 Å². The maximum absolute atomic E-state index is 13.3. The van der Waals surface area contributed by atoms with Gasteiger partial charge in [-0.3, -0.25) is 9.59 Å². The largest absolute Gasteiger partial charge is 0.326 e. The van der Waals surface area contributed by atoms with Gasteiger partial charge < -0.3 is 10.2 Å². The van der Waals surface area contributed by atoms with E-state index in [1.165, 1.54) is 12.1 Å². The summed E-state index contributed by atoms with van der Waals surface area (Å²) in [4.78, 5) is 27.7. The summed E-state index contributed by atoms with van der Waals surface area (Å²) in [5.74, 6) is -0.367. The Morgan fingerprint density at radius 1 is 1.04 bits per heavy atom. The zero-order valence-corrected chi connectivity index (χ0v) is 15.9. The maximum atomic E-state index is 13.3. The third-order valence-electron chi connectivity index (χ3n) is 4.63. The van der Waals surface area contributed by atoms with Crippen molar-refractivity contribution in [3.05, 3.63) is 82.3 Å². The van der Waals surface area contributed by atoms with Crippen molar-refractivity contribution >= 4 is 34.5 Å². The Balaban J connectivity index is 1.55. The molecule has 0 unspecified atom stereocenters. The predicted octanol–water partition coefficient (Wildman–Crippen LogP) is 5.08. The van der Waals surface area contributed by atoms with Crippen LogP contribution in [0.1, 0.15) is 28.1 Å². The van der Waals surface area contributed by atoms with E-state index in [1.807, 2.05) is 17.5 Å². The summed E-state index contributed by atoms with van der Waals surface area (Å²) in [5.41, 5.74) is 1.82. The van der Waals surface area contributed by atoms with Gasteiger partial charge in [-0.05, 0) is 72.8 Å². The first-order valence-electron chi connectivity index (χ1n) is 9.11. The molecule has 1 aliphatic carbocycles. The zero-order chi connectivity index (χ0) is 19.5. The van der Waals surface area contributed by atoms with Gasteiger partial charge in [0.15, 0.2) is 0 Å². The van der Waals surface area contributed by atoms with Gasteiger partial charge in [-0.25, -0.2) is 4.39 Å². The third-order valence-corrected chi connectivity index (χ3v) is 5.49. The van der Waals surface area contributed by atoms with Gasteiger partial charge in [-0.2, -0.15) is 0 Å². The van der Waals surface area contributed by atoms with Gasteiger partial charge >= 0.3 is 0 Å². The molecule has 2 aromatic carbocycles. The maximum Gasteiger partial charge on any atom is 0.258 e. The van der Waals surface area contributed by atoms with Crippen LogP contribution in [0.4, 0.5) is 15.8 Å². The summed E-state index contributed by atoms with van der Waals surface area (Å²) in [6.07, 6.45) is 1.88. The van der Waals surface area contributed by atoms with E-state index >= 15 is 0 Å². The number of hydrogen-bond donors (Lipinski definition) is 1. The summed E-state index contributed by atoms with van der Waals surface area (Å²) in [6, 6.07) is 16.7. The fraction of sp³-hybridized carbons (Fsp3) is 0.182. The molecular weight excluding hydrogens is 375 g/mol. The summed E-state index contributed by atoms with van der Waals surface area (Å²) in [5, 5.41) is 4.83. The lowest BCUT2D eigenvalue weighted by Gasteiger charge is -2.22. The topological polar surface area (TPSA) is 49.4 Å². The number of anilines is 2. The lowest BCUT2D eigenvalue weighted by molar-refractivity contribution is -0.117. The van der Waals surface area contributed by atoms with Crippen molar-refractivity contribution in [2.45, 2.75) is 19.4 Å². The van der Waals surface area contributed by atoms with Gasteiger partial charge in [0.25, 0.3) is 5.91 Å². The van der Waals surface area contributed by atoms with Gasteiger partial charge in [0.2, 0.25) is 5.91 Å². The van der Waals surface area contributed by atoms with E-state index in [9.17, 15) is 14.0 Å². The molecular formula is C22H19FN2O2S. The number of amides is 2. The number of rotatable bonds is 6. The summed E-state index contributed by atoms with van der Waals surface area (Å²) in [7, 11) is 0. The van der Waals surface area contributed by atoms with E-state index < -0.39 is 0 Å². The standard InChI is InChI=1S/C22H19FN2O2S/c23-17-7-11-19(12-8-17)25(14-20-2-1-13-28-20)22(27)16-5-9-18(10-6-16)24-21(26)15-3-4-15/h1-2,5-13,15H,3-4,14H2,(H,24,26). The third kappa shape index (κ3) is 4.28. The molecule has 1 heterocycles. The van der Waals surface area contributed by atoms with Crippen molar-refractivity contribution in [3.63, 3.8) is 0 Å². The molecule has 142 valence electrons. The molecule has 4 nitrogen and oxygen atoms in total. The number of hydrogen-bond acceptors (Lipinski definition) is 3. The Morgan fingerprint density at radius 3 is 2.36 bits per heavy atom. The minimum absolute atomic E-state index is 0.0321. The molecule has 28 heavy (non-hydrogen) atoms. The average molecular weight is 394 g/mol. The predicted molar refractivity (Wildman–Crippen MR) is 109 cm³/mol. The number of benzene rings is 2. The molecule has 0 aliphatic heterocycles. The van der Waals surface area contributed by atoms with Crippen LogP contribution in [0.25, 0.3) is 0 Å². The van der Waals surface area contributed by atoms with Crippen molar-refractivity contribution in [2.75, 3.05) is 10.2 Å². The highest BCUT2D eigenvalue weighted by atomic mass is 32.1. The Bertz CT molecular complexity index is 965. The molecule has 1 fully saturated rings. The number of thiophene rings is 1. The molecule has 0 spiro atoms. The molecule has 0 bridgehead atoms. The van der Waals surface area contributed by atoms with Gasteiger partial charge in [-0.15, -0.1) is 11.3 Å². The fourth-order valence-corrected chi connectivity index (χ4v) is 3.59. The van der Waals surface area contributed by atoms with Crippen LogP contribution < -0.4 is 10.2 Å². The molecule has 3 aromatic rings. The molecule has 1 saturated carbocycles. The summed E-state index contributed by atoms with van der Waals surface area (Å²) >= 11 is 1.56. The van der Waals surface area contributed by atoms with E-state index in [1.54, 1.807) is 52.6 Å². The smallest absolute Gasteiger partial charge is 0.258 e. The Morgan fingerprint density at radius 2 is 1.75 bits per heavy atom. The number of halogens is 1. The Kier molecular flexibility index (Phi) is 5.21. The molecule has 0 atom stereocenters. The van der Waals surface area contributed by atoms with Crippen LogP contribution in [0.5, 0.6) is 0 Å². The van der Waals surface area contributed by atoms with Gasteiger partial charge in [0.05, 0.1) is 6.54 Å². The number of nitrogens with one attached hydrogen (secondary N) is 1. The first kappa shape index (κ1) is 18.4. The van der Waals surface area contributed by atoms with Crippen molar-refractivity contribution in [1.82, 2.24) is 0 Å². The lowest BCUT2D eigenvalue weighted by Crippen LogP contribution is -2.30. The van der Waals surface area contributed by atoms with Gasteiger partial charge in [-0.1, -0.05) is 6.07 Å². The van der Waals surface area contributed by atoms with Crippen molar-refractivity contribution < 1.29 is 14.0 Å². The van der Waals surface area contributed by atoms with Crippen LogP contribution in [0.2, 0.25) is 0 Å². The van der Waals surface area contributed by atoms with Crippen molar-refractivity contribution in [3.8, 4) is 0 Å². The van der Waals surface area contributed by atoms with Gasteiger partial charge in [0.1, 0.15) is 5.82 Å². The first-order valence-corrected chi connectivity index (χ1v) is 9.99. The molecule has 2 amide bonds. The van der Waals surface area contributed by atoms with Crippen LogP contribution in [0, 0.1) is 11.7 Å². The monoisotopic (exact) mass is 394 g/mol. The van der Waals surface area contributed by atoms with Crippen LogP contribution in [-0.4, -0.2) is 11.8 Å². The van der Waals surface area contributed by atoms with Crippen LogP contribution >= 0.6 is 11.3 Å². The second-order valence-corrected chi connectivity index (χ2v) is 7.82. The van der Waals surface area contributed by atoms with E-state index in [-0.39, 0.29) is 23.5 Å². The highest BCUT2D eigenvalue weighted by Crippen LogP contribution is 2.30. The van der Waals surface area contributed by atoms with E-state index in [2.05, 4.69) is 5.32 Å². The highest BCUT2D eigenvalue weighted by molar-refractivity contribution is 7.09. The SMILES string of the molecule is O=C(Nc1ccc(C(=O)N(Cc2cccs2)c2ccc(F)cc2)cc1)C1CC1. The van der Waals surface area contributed by atoms with Crippen molar-refractivity contribution in [2.24, 2.45) is 5.92 Å². The Labute approximate surface area is 166 Å².